The first-order valence-corrected chi connectivity index (χ1v) is 9.92. The molecule has 3 rings (SSSR count). The summed E-state index contributed by atoms with van der Waals surface area (Å²) in [6.07, 6.45) is 1.71. The van der Waals surface area contributed by atoms with Gasteiger partial charge in [-0.05, 0) is 68.8 Å². The van der Waals surface area contributed by atoms with Crippen LogP contribution < -0.4 is 5.43 Å². The first kappa shape index (κ1) is 22.0. The highest BCUT2D eigenvalue weighted by Crippen LogP contribution is 2.20. The van der Waals surface area contributed by atoms with Gasteiger partial charge in [0.15, 0.2) is 0 Å². The molecule has 31 heavy (non-hydrogen) atoms. The summed E-state index contributed by atoms with van der Waals surface area (Å²) in [4.78, 5) is 23.9. The summed E-state index contributed by atoms with van der Waals surface area (Å²) >= 11 is 0. The molecule has 0 saturated carbocycles. The number of ether oxygens (including phenoxy) is 1. The molecule has 0 saturated heterocycles. The van der Waals surface area contributed by atoms with E-state index in [2.05, 4.69) is 10.5 Å². The van der Waals surface area contributed by atoms with E-state index in [1.54, 1.807) is 37.4 Å². The third-order valence-electron chi connectivity index (χ3n) is 4.78. The maximum absolute atomic E-state index is 12.9. The van der Waals surface area contributed by atoms with Crippen LogP contribution in [0, 0.1) is 19.7 Å². The van der Waals surface area contributed by atoms with Crippen LogP contribution in [0.5, 0.6) is 0 Å². The Hall–Kier alpha value is -3.74. The maximum Gasteiger partial charge on any atom is 0.338 e. The van der Waals surface area contributed by atoms with E-state index in [9.17, 15) is 14.0 Å². The fourth-order valence-electron chi connectivity index (χ4n) is 3.28. The summed E-state index contributed by atoms with van der Waals surface area (Å²) in [5.74, 6) is -0.974. The highest BCUT2D eigenvalue weighted by Gasteiger charge is 2.11. The number of rotatable bonds is 7. The molecule has 3 aromatic rings. The molecule has 0 fully saturated rings. The molecule has 160 valence electrons. The van der Waals surface area contributed by atoms with E-state index in [-0.39, 0.29) is 24.1 Å². The van der Waals surface area contributed by atoms with E-state index in [1.807, 2.05) is 36.6 Å². The largest absolute Gasteiger partial charge is 0.462 e. The van der Waals surface area contributed by atoms with Gasteiger partial charge < -0.3 is 9.30 Å². The summed E-state index contributed by atoms with van der Waals surface area (Å²) < 4.78 is 20.0. The molecule has 1 amide bonds. The monoisotopic (exact) mass is 421 g/mol. The molecule has 0 unspecified atom stereocenters. The van der Waals surface area contributed by atoms with Crippen molar-refractivity contribution >= 4 is 18.1 Å². The lowest BCUT2D eigenvalue weighted by Crippen LogP contribution is -2.19. The minimum absolute atomic E-state index is 0.115. The molecule has 0 radical (unpaired) electrons. The third-order valence-corrected chi connectivity index (χ3v) is 4.78. The number of nitrogens with one attached hydrogen (secondary N) is 1. The van der Waals surface area contributed by atoms with Crippen molar-refractivity contribution in [3.8, 4) is 5.69 Å². The molecule has 6 nitrogen and oxygen atoms in total. The van der Waals surface area contributed by atoms with Crippen molar-refractivity contribution < 1.29 is 18.7 Å². The van der Waals surface area contributed by atoms with Gasteiger partial charge in [-0.1, -0.05) is 12.1 Å². The van der Waals surface area contributed by atoms with Crippen LogP contribution in [-0.2, 0) is 16.0 Å². The number of aromatic nitrogens is 1. The molecule has 0 aliphatic heterocycles. The molecule has 0 aliphatic rings. The Labute approximate surface area is 180 Å². The van der Waals surface area contributed by atoms with Crippen molar-refractivity contribution in [3.05, 3.63) is 88.5 Å². The van der Waals surface area contributed by atoms with Crippen molar-refractivity contribution in [2.75, 3.05) is 6.61 Å². The van der Waals surface area contributed by atoms with Gasteiger partial charge >= 0.3 is 5.97 Å². The van der Waals surface area contributed by atoms with Crippen molar-refractivity contribution in [2.24, 2.45) is 5.10 Å². The van der Waals surface area contributed by atoms with Gasteiger partial charge in [-0.25, -0.2) is 14.6 Å². The molecule has 1 N–H and O–H groups in total. The summed E-state index contributed by atoms with van der Waals surface area (Å²) in [6.45, 7) is 6.03. The molecule has 1 aromatic heterocycles. The zero-order valence-corrected chi connectivity index (χ0v) is 17.7. The summed E-state index contributed by atoms with van der Waals surface area (Å²) in [7, 11) is 0. The van der Waals surface area contributed by atoms with Crippen molar-refractivity contribution in [1.29, 1.82) is 0 Å². The standard InChI is InChI=1S/C24H24FN3O3/c1-4-31-24(30)19-7-11-22(12-8-19)28-16(2)13-20(17(28)3)15-26-27-23(29)14-18-5-9-21(25)10-6-18/h5-13,15H,4,14H2,1-3H3,(H,27,29)/b26-15+. The van der Waals surface area contributed by atoms with Gasteiger partial charge in [-0.15, -0.1) is 0 Å². The number of nitrogens with zero attached hydrogens (tertiary/aromatic N) is 2. The summed E-state index contributed by atoms with van der Waals surface area (Å²) in [6, 6.07) is 14.9. The molecule has 1 heterocycles. The summed E-state index contributed by atoms with van der Waals surface area (Å²) in [5.41, 5.74) is 7.39. The lowest BCUT2D eigenvalue weighted by atomic mass is 10.1. The van der Waals surface area contributed by atoms with Crippen LogP contribution in [0.15, 0.2) is 59.7 Å². The Kier molecular flexibility index (Phi) is 6.97. The Bertz CT molecular complexity index is 1100. The molecule has 0 aliphatic carbocycles. The van der Waals surface area contributed by atoms with Crippen LogP contribution in [0.1, 0.15) is 39.8 Å². The number of benzene rings is 2. The second kappa shape index (κ2) is 9.84. The van der Waals surface area contributed by atoms with E-state index in [0.717, 1.165) is 22.6 Å². The molecular formula is C24H24FN3O3. The van der Waals surface area contributed by atoms with Crippen molar-refractivity contribution in [3.63, 3.8) is 0 Å². The number of amides is 1. The minimum Gasteiger partial charge on any atom is -0.462 e. The van der Waals surface area contributed by atoms with Gasteiger partial charge in [0, 0.05) is 22.6 Å². The van der Waals surface area contributed by atoms with Crippen molar-refractivity contribution in [2.45, 2.75) is 27.2 Å². The summed E-state index contributed by atoms with van der Waals surface area (Å²) in [5, 5.41) is 4.05. The first-order valence-electron chi connectivity index (χ1n) is 9.92. The van der Waals surface area contributed by atoms with Crippen LogP contribution >= 0.6 is 0 Å². The van der Waals surface area contributed by atoms with E-state index in [0.29, 0.717) is 17.7 Å². The van der Waals surface area contributed by atoms with Crippen LogP contribution in [0.2, 0.25) is 0 Å². The fraction of sp³-hybridized carbons (Fsp3) is 0.208. The first-order chi connectivity index (χ1) is 14.9. The topological polar surface area (TPSA) is 72.7 Å². The van der Waals surface area contributed by atoms with Gasteiger partial charge in [0.2, 0.25) is 5.91 Å². The van der Waals surface area contributed by atoms with Crippen LogP contribution in [0.25, 0.3) is 5.69 Å². The van der Waals surface area contributed by atoms with Gasteiger partial charge in [0.05, 0.1) is 24.8 Å². The highest BCUT2D eigenvalue weighted by atomic mass is 19.1. The number of hydrazone groups is 1. The number of carbonyl (C=O) groups is 2. The Morgan fingerprint density at radius 2 is 1.77 bits per heavy atom. The third kappa shape index (κ3) is 5.45. The molecule has 2 aromatic carbocycles. The number of carbonyl (C=O) groups excluding carboxylic acids is 2. The minimum atomic E-state index is -0.348. The van der Waals surface area contributed by atoms with E-state index in [1.165, 1.54) is 12.1 Å². The van der Waals surface area contributed by atoms with Crippen LogP contribution in [0.3, 0.4) is 0 Å². The van der Waals surface area contributed by atoms with Crippen molar-refractivity contribution in [1.82, 2.24) is 9.99 Å². The van der Waals surface area contributed by atoms with E-state index < -0.39 is 0 Å². The Balaban J connectivity index is 1.68. The van der Waals surface area contributed by atoms with Gasteiger partial charge in [-0.3, -0.25) is 4.79 Å². The Morgan fingerprint density at radius 3 is 2.42 bits per heavy atom. The lowest BCUT2D eigenvalue weighted by molar-refractivity contribution is -0.120. The molecule has 7 heteroatoms. The number of hydrogen-bond acceptors (Lipinski definition) is 4. The SMILES string of the molecule is CCOC(=O)c1ccc(-n2c(C)cc(/C=N/NC(=O)Cc3ccc(F)cc3)c2C)cc1. The quantitative estimate of drug-likeness (QED) is 0.355. The molecule has 0 bridgehead atoms. The number of aryl methyl sites for hydroxylation is 1. The Morgan fingerprint density at radius 1 is 1.10 bits per heavy atom. The molecule has 0 spiro atoms. The average molecular weight is 421 g/mol. The average Bonchev–Trinajstić information content (AvgIpc) is 3.03. The predicted molar refractivity (Wildman–Crippen MR) is 117 cm³/mol. The number of hydrogen-bond donors (Lipinski definition) is 1. The predicted octanol–water partition coefficient (Wildman–Crippen LogP) is 4.10. The van der Waals surface area contributed by atoms with E-state index in [4.69, 9.17) is 4.74 Å². The fourth-order valence-corrected chi connectivity index (χ4v) is 3.28. The number of esters is 1. The van der Waals surface area contributed by atoms with Gasteiger partial charge in [0.25, 0.3) is 0 Å². The van der Waals surface area contributed by atoms with E-state index >= 15 is 0 Å². The second-order valence-electron chi connectivity index (χ2n) is 7.03. The number of halogens is 1. The van der Waals surface area contributed by atoms with Gasteiger partial charge in [-0.2, -0.15) is 5.10 Å². The molecular weight excluding hydrogens is 397 g/mol. The van der Waals surface area contributed by atoms with Crippen LogP contribution in [-0.4, -0.2) is 29.3 Å². The van der Waals surface area contributed by atoms with Crippen LogP contribution in [0.4, 0.5) is 4.39 Å². The highest BCUT2D eigenvalue weighted by molar-refractivity contribution is 5.89. The van der Waals surface area contributed by atoms with Gasteiger partial charge in [0.1, 0.15) is 5.82 Å². The second-order valence-corrected chi connectivity index (χ2v) is 7.03. The lowest BCUT2D eigenvalue weighted by Gasteiger charge is -2.10. The maximum atomic E-state index is 12.9. The zero-order valence-electron chi connectivity index (χ0n) is 17.7. The smallest absolute Gasteiger partial charge is 0.338 e. The normalized spacial score (nSPS) is 11.0. The zero-order chi connectivity index (χ0) is 22.4. The molecule has 0 atom stereocenters.